The number of hydrogen-bond donors (Lipinski definition) is 2. The average Bonchev–Trinajstić information content (AvgIpc) is 2.27. The van der Waals surface area contributed by atoms with E-state index in [4.69, 9.17) is 0 Å². The van der Waals surface area contributed by atoms with Crippen molar-refractivity contribution in [2.75, 3.05) is 18.1 Å². The maximum Gasteiger partial charge on any atom is 0.238 e. The summed E-state index contributed by atoms with van der Waals surface area (Å²) < 4.78 is 0. The Labute approximate surface area is 101 Å². The van der Waals surface area contributed by atoms with Crippen LogP contribution in [0.25, 0.3) is 0 Å². The summed E-state index contributed by atoms with van der Waals surface area (Å²) in [6.07, 6.45) is 2.00. The van der Waals surface area contributed by atoms with Crippen LogP contribution in [0.15, 0.2) is 29.2 Å². The third-order valence-corrected chi connectivity index (χ3v) is 2.85. The first kappa shape index (κ1) is 13.1. The van der Waals surface area contributed by atoms with Crippen molar-refractivity contribution < 1.29 is 4.79 Å². The lowest BCUT2D eigenvalue weighted by atomic mass is 10.3. The first-order chi connectivity index (χ1) is 7.63. The van der Waals surface area contributed by atoms with Crippen molar-refractivity contribution in [2.45, 2.75) is 24.8 Å². The van der Waals surface area contributed by atoms with E-state index in [1.807, 2.05) is 44.4 Å². The van der Waals surface area contributed by atoms with Crippen LogP contribution in [0, 0.1) is 0 Å². The molecule has 2 N–H and O–H groups in total. The van der Waals surface area contributed by atoms with Gasteiger partial charge in [-0.3, -0.25) is 4.79 Å². The fraction of sp³-hybridized carbons (Fsp3) is 0.417. The predicted octanol–water partition coefficient (Wildman–Crippen LogP) is 2.34. The summed E-state index contributed by atoms with van der Waals surface area (Å²) in [7, 11) is 0. The van der Waals surface area contributed by atoms with E-state index in [1.165, 1.54) is 0 Å². The van der Waals surface area contributed by atoms with E-state index in [1.54, 1.807) is 11.8 Å². The van der Waals surface area contributed by atoms with Gasteiger partial charge in [0.15, 0.2) is 0 Å². The summed E-state index contributed by atoms with van der Waals surface area (Å²) in [6.45, 7) is 4.38. The Morgan fingerprint density at radius 3 is 2.69 bits per heavy atom. The van der Waals surface area contributed by atoms with Crippen molar-refractivity contribution in [1.82, 2.24) is 5.32 Å². The Bertz CT molecular complexity index is 353. The molecule has 0 fully saturated rings. The van der Waals surface area contributed by atoms with Crippen LogP contribution in [0.3, 0.4) is 0 Å². The van der Waals surface area contributed by atoms with Crippen molar-refractivity contribution in [3.05, 3.63) is 24.3 Å². The maximum atomic E-state index is 11.6. The number of rotatable bonds is 5. The number of para-hydroxylation sites is 1. The molecule has 0 aliphatic rings. The quantitative estimate of drug-likeness (QED) is 0.774. The summed E-state index contributed by atoms with van der Waals surface area (Å²) in [4.78, 5) is 12.7. The molecule has 0 atom stereocenters. The molecule has 0 bridgehead atoms. The minimum absolute atomic E-state index is 0.00444. The van der Waals surface area contributed by atoms with E-state index < -0.39 is 0 Å². The highest BCUT2D eigenvalue weighted by atomic mass is 32.2. The van der Waals surface area contributed by atoms with E-state index >= 15 is 0 Å². The van der Waals surface area contributed by atoms with Gasteiger partial charge in [-0.15, -0.1) is 11.8 Å². The van der Waals surface area contributed by atoms with Crippen molar-refractivity contribution in [3.8, 4) is 0 Å². The number of amides is 1. The van der Waals surface area contributed by atoms with Gasteiger partial charge in [0.05, 0.1) is 12.2 Å². The minimum Gasteiger partial charge on any atom is -0.324 e. The zero-order valence-electron chi connectivity index (χ0n) is 9.91. The van der Waals surface area contributed by atoms with Gasteiger partial charge in [-0.25, -0.2) is 0 Å². The predicted molar refractivity (Wildman–Crippen MR) is 70.0 cm³/mol. The Kier molecular flexibility index (Phi) is 5.35. The van der Waals surface area contributed by atoms with E-state index in [2.05, 4.69) is 10.6 Å². The molecule has 0 unspecified atom stereocenters. The van der Waals surface area contributed by atoms with Crippen LogP contribution in [0.1, 0.15) is 13.8 Å². The van der Waals surface area contributed by atoms with Gasteiger partial charge in [0, 0.05) is 10.9 Å². The molecule has 0 saturated carbocycles. The molecule has 16 heavy (non-hydrogen) atoms. The lowest BCUT2D eigenvalue weighted by molar-refractivity contribution is -0.115. The normalized spacial score (nSPS) is 10.5. The second kappa shape index (κ2) is 6.55. The van der Waals surface area contributed by atoms with Crippen molar-refractivity contribution >= 4 is 23.4 Å². The molecule has 0 aliphatic heterocycles. The van der Waals surface area contributed by atoms with Crippen LogP contribution >= 0.6 is 11.8 Å². The molecule has 0 heterocycles. The first-order valence-electron chi connectivity index (χ1n) is 5.29. The van der Waals surface area contributed by atoms with Gasteiger partial charge in [-0.05, 0) is 18.4 Å². The van der Waals surface area contributed by atoms with E-state index in [0.717, 1.165) is 10.6 Å². The van der Waals surface area contributed by atoms with E-state index in [-0.39, 0.29) is 5.91 Å². The second-order valence-electron chi connectivity index (χ2n) is 3.78. The Hall–Kier alpha value is -1.00. The largest absolute Gasteiger partial charge is 0.324 e. The zero-order chi connectivity index (χ0) is 12.0. The fourth-order valence-corrected chi connectivity index (χ4v) is 1.79. The molecule has 1 amide bonds. The summed E-state index contributed by atoms with van der Waals surface area (Å²) in [5.41, 5.74) is 0.880. The molecule has 1 aromatic rings. The Balaban J connectivity index is 2.55. The van der Waals surface area contributed by atoms with Crippen LogP contribution in [-0.4, -0.2) is 24.7 Å². The molecule has 1 rings (SSSR count). The highest BCUT2D eigenvalue weighted by molar-refractivity contribution is 7.98. The molecule has 0 radical (unpaired) electrons. The standard InChI is InChI=1S/C12H18N2OS/c1-9(2)13-8-12(15)14-10-6-4-5-7-11(10)16-3/h4-7,9,13H,8H2,1-3H3,(H,14,15). The third-order valence-electron chi connectivity index (χ3n) is 2.05. The summed E-state index contributed by atoms with van der Waals surface area (Å²) in [6, 6.07) is 8.12. The summed E-state index contributed by atoms with van der Waals surface area (Å²) in [5, 5.41) is 5.98. The molecule has 0 aromatic heterocycles. The minimum atomic E-state index is -0.00444. The molecular formula is C12H18N2OS. The summed E-state index contributed by atoms with van der Waals surface area (Å²) >= 11 is 1.63. The summed E-state index contributed by atoms with van der Waals surface area (Å²) in [5.74, 6) is -0.00444. The van der Waals surface area contributed by atoms with Gasteiger partial charge < -0.3 is 10.6 Å². The number of thioether (sulfide) groups is 1. The molecule has 4 heteroatoms. The van der Waals surface area contributed by atoms with Gasteiger partial charge in [0.25, 0.3) is 0 Å². The highest BCUT2D eigenvalue weighted by Crippen LogP contribution is 2.24. The average molecular weight is 238 g/mol. The van der Waals surface area contributed by atoms with Gasteiger partial charge in [0.2, 0.25) is 5.91 Å². The maximum absolute atomic E-state index is 11.6. The van der Waals surface area contributed by atoms with Gasteiger partial charge in [-0.2, -0.15) is 0 Å². The topological polar surface area (TPSA) is 41.1 Å². The van der Waals surface area contributed by atoms with Crippen LogP contribution in [0.5, 0.6) is 0 Å². The lowest BCUT2D eigenvalue weighted by Crippen LogP contribution is -2.32. The van der Waals surface area contributed by atoms with Crippen LogP contribution in [0.2, 0.25) is 0 Å². The molecular weight excluding hydrogens is 220 g/mol. The highest BCUT2D eigenvalue weighted by Gasteiger charge is 2.05. The molecule has 1 aromatic carbocycles. The van der Waals surface area contributed by atoms with Gasteiger partial charge in [-0.1, -0.05) is 26.0 Å². The molecule has 0 spiro atoms. The number of nitrogens with one attached hydrogen (secondary N) is 2. The number of anilines is 1. The smallest absolute Gasteiger partial charge is 0.238 e. The van der Waals surface area contributed by atoms with Crippen LogP contribution in [-0.2, 0) is 4.79 Å². The number of carbonyl (C=O) groups is 1. The number of benzene rings is 1. The van der Waals surface area contributed by atoms with Gasteiger partial charge in [0.1, 0.15) is 0 Å². The van der Waals surface area contributed by atoms with Crippen molar-refractivity contribution in [2.24, 2.45) is 0 Å². The molecule has 88 valence electrons. The van der Waals surface area contributed by atoms with Gasteiger partial charge >= 0.3 is 0 Å². The molecule has 0 saturated heterocycles. The Morgan fingerprint density at radius 2 is 2.06 bits per heavy atom. The number of carbonyl (C=O) groups excluding carboxylic acids is 1. The van der Waals surface area contributed by atoms with E-state index in [9.17, 15) is 4.79 Å². The number of hydrogen-bond acceptors (Lipinski definition) is 3. The van der Waals surface area contributed by atoms with Crippen LogP contribution in [0.4, 0.5) is 5.69 Å². The second-order valence-corrected chi connectivity index (χ2v) is 4.63. The SMILES string of the molecule is CSc1ccccc1NC(=O)CNC(C)C. The van der Waals surface area contributed by atoms with E-state index in [0.29, 0.717) is 12.6 Å². The zero-order valence-corrected chi connectivity index (χ0v) is 10.7. The molecule has 0 aliphatic carbocycles. The van der Waals surface area contributed by atoms with Crippen molar-refractivity contribution in [1.29, 1.82) is 0 Å². The lowest BCUT2D eigenvalue weighted by Gasteiger charge is -2.11. The Morgan fingerprint density at radius 1 is 1.38 bits per heavy atom. The molecule has 3 nitrogen and oxygen atoms in total. The fourth-order valence-electron chi connectivity index (χ4n) is 1.24. The first-order valence-corrected chi connectivity index (χ1v) is 6.52. The third kappa shape index (κ3) is 4.24. The van der Waals surface area contributed by atoms with Crippen LogP contribution < -0.4 is 10.6 Å². The monoisotopic (exact) mass is 238 g/mol. The van der Waals surface area contributed by atoms with Crippen molar-refractivity contribution in [3.63, 3.8) is 0 Å².